The average Bonchev–Trinajstić information content (AvgIpc) is 3.50. The molecule has 0 fully saturated rings. The van der Waals surface area contributed by atoms with E-state index in [0.29, 0.717) is 25.2 Å². The molecule has 3 aromatic carbocycles. The van der Waals surface area contributed by atoms with Crippen LogP contribution in [0.25, 0.3) is 33.6 Å². The van der Waals surface area contributed by atoms with E-state index in [2.05, 4.69) is 54.4 Å². The normalized spacial score (nSPS) is 13.8. The second kappa shape index (κ2) is 12.3. The van der Waals surface area contributed by atoms with Crippen molar-refractivity contribution in [2.24, 2.45) is 5.73 Å². The van der Waals surface area contributed by atoms with E-state index in [-0.39, 0.29) is 0 Å². The molecule has 0 radical (unpaired) electrons. The number of para-hydroxylation sites is 1. The van der Waals surface area contributed by atoms with Crippen LogP contribution in [0.4, 0.5) is 0 Å². The molecule has 214 valence electrons. The molecular weight excluding hydrogens is 522 g/mol. The summed E-state index contributed by atoms with van der Waals surface area (Å²) in [4.78, 5) is 17.3. The van der Waals surface area contributed by atoms with Crippen molar-refractivity contribution in [1.29, 1.82) is 0 Å². The van der Waals surface area contributed by atoms with Crippen molar-refractivity contribution in [2.75, 3.05) is 26.9 Å². The average molecular weight is 560 g/mol. The molecule has 0 spiro atoms. The molecule has 6 nitrogen and oxygen atoms in total. The number of amides is 1. The molecule has 3 N–H and O–H groups in total. The Morgan fingerprint density at radius 1 is 0.929 bits per heavy atom. The molecular formula is C36H37N3O3. The number of rotatable bonds is 10. The Hall–Kier alpha value is -4.26. The fourth-order valence-corrected chi connectivity index (χ4v) is 6.22. The number of ether oxygens (including phenoxy) is 2. The third-order valence-electron chi connectivity index (χ3n) is 8.30. The highest BCUT2D eigenvalue weighted by atomic mass is 16.5. The zero-order chi connectivity index (χ0) is 29.1. The number of hydrogen-bond donors (Lipinski definition) is 2. The first kappa shape index (κ1) is 27.9. The lowest BCUT2D eigenvalue weighted by molar-refractivity contribution is -0.114. The van der Waals surface area contributed by atoms with Crippen LogP contribution >= 0.6 is 0 Å². The van der Waals surface area contributed by atoms with E-state index in [1.165, 1.54) is 27.8 Å². The van der Waals surface area contributed by atoms with E-state index < -0.39 is 5.91 Å². The number of pyridine rings is 1. The van der Waals surface area contributed by atoms with Gasteiger partial charge in [0, 0.05) is 47.9 Å². The number of nitrogens with zero attached hydrogens (tertiary/aromatic N) is 1. The summed E-state index contributed by atoms with van der Waals surface area (Å²) < 4.78 is 11.5. The Balaban J connectivity index is 1.56. The molecule has 6 rings (SSSR count). The third-order valence-corrected chi connectivity index (χ3v) is 8.30. The quantitative estimate of drug-likeness (QED) is 0.189. The Bertz CT molecular complexity index is 1660. The molecule has 0 unspecified atom stereocenters. The topological polar surface area (TPSA) is 86.5 Å². The number of methoxy groups -OCH3 is 1. The SMILES string of the molecule is C=C(Cc1cccc(-c2nc(-c3ccc4c(c3)CCNC4)c3c(c2-c2ccccc2OCCOC)CCC3)c1)C(N)=O. The number of carbonyl (C=O) groups excluding carboxylic acids is 1. The van der Waals surface area contributed by atoms with Crippen LogP contribution in [-0.2, 0) is 41.8 Å². The number of benzene rings is 3. The van der Waals surface area contributed by atoms with E-state index in [1.807, 2.05) is 24.3 Å². The smallest absolute Gasteiger partial charge is 0.244 e. The molecule has 42 heavy (non-hydrogen) atoms. The van der Waals surface area contributed by atoms with Crippen molar-refractivity contribution in [1.82, 2.24) is 10.3 Å². The molecule has 1 aliphatic carbocycles. The number of fused-ring (bicyclic) bond motifs is 2. The summed E-state index contributed by atoms with van der Waals surface area (Å²) in [5.41, 5.74) is 18.6. The van der Waals surface area contributed by atoms with Gasteiger partial charge in [0.05, 0.1) is 18.0 Å². The van der Waals surface area contributed by atoms with Crippen LogP contribution in [-0.4, -0.2) is 37.8 Å². The fourth-order valence-electron chi connectivity index (χ4n) is 6.22. The number of nitrogens with two attached hydrogens (primary N) is 1. The number of primary amides is 1. The highest BCUT2D eigenvalue weighted by molar-refractivity contribution is 5.92. The molecule has 0 bridgehead atoms. The minimum absolute atomic E-state index is 0.385. The van der Waals surface area contributed by atoms with E-state index in [9.17, 15) is 4.79 Å². The van der Waals surface area contributed by atoms with Crippen molar-refractivity contribution < 1.29 is 14.3 Å². The fraction of sp³-hybridized carbons (Fsp3) is 0.278. The Morgan fingerprint density at radius 3 is 2.62 bits per heavy atom. The number of nitrogens with one attached hydrogen (secondary N) is 1. The predicted molar refractivity (Wildman–Crippen MR) is 167 cm³/mol. The summed E-state index contributed by atoms with van der Waals surface area (Å²) in [6.07, 6.45) is 4.47. The van der Waals surface area contributed by atoms with Gasteiger partial charge in [-0.15, -0.1) is 0 Å². The Kier molecular flexibility index (Phi) is 8.17. The monoisotopic (exact) mass is 559 g/mol. The van der Waals surface area contributed by atoms with E-state index in [4.69, 9.17) is 20.2 Å². The van der Waals surface area contributed by atoms with Crippen molar-refractivity contribution >= 4 is 5.91 Å². The van der Waals surface area contributed by atoms with E-state index >= 15 is 0 Å². The molecule has 0 atom stereocenters. The maximum atomic E-state index is 11.8. The van der Waals surface area contributed by atoms with Gasteiger partial charge >= 0.3 is 0 Å². The minimum Gasteiger partial charge on any atom is -0.491 e. The number of hydrogen-bond acceptors (Lipinski definition) is 5. The molecule has 4 aromatic rings. The molecule has 1 aromatic heterocycles. The molecule has 0 saturated heterocycles. The van der Waals surface area contributed by atoms with Gasteiger partial charge in [-0.25, -0.2) is 4.98 Å². The summed E-state index contributed by atoms with van der Waals surface area (Å²) in [5, 5.41) is 3.48. The second-order valence-electron chi connectivity index (χ2n) is 11.1. The van der Waals surface area contributed by atoms with Gasteiger partial charge < -0.3 is 20.5 Å². The number of carbonyl (C=O) groups is 1. The van der Waals surface area contributed by atoms with Crippen LogP contribution in [0.2, 0.25) is 0 Å². The van der Waals surface area contributed by atoms with Gasteiger partial charge in [-0.3, -0.25) is 4.79 Å². The van der Waals surface area contributed by atoms with Crippen molar-refractivity contribution in [3.63, 3.8) is 0 Å². The molecule has 0 saturated carbocycles. The standard InChI is InChI=1S/C36H37N3O3/c1-23(36(37)40)19-24-7-5-8-26(20-24)35-33(31-9-3-4-12-32(31)42-18-17-41-2)29-10-6-11-30(29)34(39-35)27-13-14-28-22-38-16-15-25(28)21-27/h3-5,7-9,12-14,20-21,38H,1,6,10-11,15-19,22H2,2H3,(H2,37,40). The maximum Gasteiger partial charge on any atom is 0.244 e. The highest BCUT2D eigenvalue weighted by Crippen LogP contribution is 2.46. The largest absolute Gasteiger partial charge is 0.491 e. The second-order valence-corrected chi connectivity index (χ2v) is 11.1. The lowest BCUT2D eigenvalue weighted by atomic mass is 9.88. The van der Waals surface area contributed by atoms with Crippen LogP contribution < -0.4 is 15.8 Å². The Labute approximate surface area is 247 Å². The third kappa shape index (κ3) is 5.60. The van der Waals surface area contributed by atoms with Gasteiger partial charge in [-0.05, 0) is 78.2 Å². The van der Waals surface area contributed by atoms with Crippen molar-refractivity contribution in [2.45, 2.75) is 38.6 Å². The van der Waals surface area contributed by atoms with Crippen LogP contribution in [0, 0.1) is 0 Å². The summed E-state index contributed by atoms with van der Waals surface area (Å²) in [5.74, 6) is 0.336. The summed E-state index contributed by atoms with van der Waals surface area (Å²) in [7, 11) is 1.68. The first-order valence-electron chi connectivity index (χ1n) is 14.7. The van der Waals surface area contributed by atoms with Gasteiger partial charge in [0.15, 0.2) is 0 Å². The van der Waals surface area contributed by atoms with E-state index in [1.54, 1.807) is 7.11 Å². The number of aromatic nitrogens is 1. The molecule has 2 aliphatic rings. The lowest BCUT2D eigenvalue weighted by Crippen LogP contribution is -2.23. The summed E-state index contributed by atoms with van der Waals surface area (Å²) in [6, 6.07) is 23.3. The maximum absolute atomic E-state index is 11.8. The molecule has 2 heterocycles. The predicted octanol–water partition coefficient (Wildman–Crippen LogP) is 5.83. The van der Waals surface area contributed by atoms with Gasteiger partial charge in [-0.1, -0.05) is 55.1 Å². The van der Waals surface area contributed by atoms with Crippen LogP contribution in [0.3, 0.4) is 0 Å². The first-order chi connectivity index (χ1) is 20.5. The summed E-state index contributed by atoms with van der Waals surface area (Å²) >= 11 is 0. The van der Waals surface area contributed by atoms with Gasteiger partial charge in [0.25, 0.3) is 0 Å². The van der Waals surface area contributed by atoms with E-state index in [0.717, 1.165) is 78.2 Å². The molecule has 6 heteroatoms. The zero-order valence-corrected chi connectivity index (χ0v) is 24.2. The summed E-state index contributed by atoms with van der Waals surface area (Å²) in [6.45, 7) is 6.76. The minimum atomic E-state index is -0.483. The Morgan fingerprint density at radius 2 is 1.76 bits per heavy atom. The van der Waals surface area contributed by atoms with Gasteiger partial charge in [-0.2, -0.15) is 0 Å². The lowest BCUT2D eigenvalue weighted by Gasteiger charge is -2.22. The van der Waals surface area contributed by atoms with Crippen LogP contribution in [0.1, 0.15) is 34.2 Å². The van der Waals surface area contributed by atoms with Gasteiger partial charge in [0.2, 0.25) is 5.91 Å². The van der Waals surface area contributed by atoms with Gasteiger partial charge in [0.1, 0.15) is 12.4 Å². The van der Waals surface area contributed by atoms with Crippen molar-refractivity contribution in [3.8, 4) is 39.4 Å². The van der Waals surface area contributed by atoms with Crippen LogP contribution in [0.15, 0.2) is 78.9 Å². The molecule has 1 amide bonds. The first-order valence-corrected chi connectivity index (χ1v) is 14.7. The van der Waals surface area contributed by atoms with Crippen molar-refractivity contribution in [3.05, 3.63) is 107 Å². The van der Waals surface area contributed by atoms with Crippen LogP contribution in [0.5, 0.6) is 5.75 Å². The molecule has 1 aliphatic heterocycles. The highest BCUT2D eigenvalue weighted by Gasteiger charge is 2.27. The zero-order valence-electron chi connectivity index (χ0n) is 24.2.